The van der Waals surface area contributed by atoms with Gasteiger partial charge < -0.3 is 24.6 Å². The van der Waals surface area contributed by atoms with Gasteiger partial charge in [-0.3, -0.25) is 4.79 Å². The molecule has 134 valence electrons. The predicted molar refractivity (Wildman–Crippen MR) is 97.4 cm³/mol. The molecule has 0 aliphatic carbocycles. The Bertz CT molecular complexity index is 800. The molecule has 0 bridgehead atoms. The Balaban J connectivity index is 1.65. The molecule has 1 N–H and O–H groups in total. The lowest BCUT2D eigenvalue weighted by Gasteiger charge is -2.33. The van der Waals surface area contributed by atoms with Crippen molar-refractivity contribution in [3.63, 3.8) is 0 Å². The first-order valence-corrected chi connectivity index (χ1v) is 8.74. The van der Waals surface area contributed by atoms with Crippen LogP contribution in [0.15, 0.2) is 11.0 Å². The zero-order chi connectivity index (χ0) is 17.4. The van der Waals surface area contributed by atoms with Crippen molar-refractivity contribution >= 4 is 22.9 Å². The maximum atomic E-state index is 12.4. The minimum atomic E-state index is -0.271. The molecular formula is C16H24N8O. The third kappa shape index (κ3) is 3.29. The van der Waals surface area contributed by atoms with E-state index in [1.807, 2.05) is 0 Å². The van der Waals surface area contributed by atoms with E-state index in [0.717, 1.165) is 52.4 Å². The second-order valence-electron chi connectivity index (χ2n) is 6.88. The summed E-state index contributed by atoms with van der Waals surface area (Å²) in [6.45, 7) is 7.37. The maximum absolute atomic E-state index is 12.4. The fraction of sp³-hybridized carbons (Fsp3) is 0.625. The first kappa shape index (κ1) is 16.2. The van der Waals surface area contributed by atoms with E-state index in [0.29, 0.717) is 22.9 Å². The highest BCUT2D eigenvalue weighted by Crippen LogP contribution is 2.15. The van der Waals surface area contributed by atoms with E-state index in [-0.39, 0.29) is 5.56 Å². The fourth-order valence-corrected chi connectivity index (χ4v) is 3.24. The third-order valence-electron chi connectivity index (χ3n) is 5.03. The number of aromatic amines is 1. The standard InChI is InChI=1S/C16H24N8O/c1-21-3-7-23(8-4-21)15-17-11-12-13(18-15)19-16(20-14(12)25)24-9-5-22(2)6-10-24/h11H,3-10H2,1-2H3,(H,17,18,19,20,25). The Morgan fingerprint density at radius 1 is 0.880 bits per heavy atom. The smallest absolute Gasteiger partial charge is 0.285 e. The fourth-order valence-electron chi connectivity index (χ4n) is 3.24. The molecule has 0 amide bonds. The molecule has 0 radical (unpaired) electrons. The van der Waals surface area contributed by atoms with Gasteiger partial charge in [0, 0.05) is 58.6 Å². The van der Waals surface area contributed by atoms with E-state index < -0.39 is 0 Å². The van der Waals surface area contributed by atoms with E-state index >= 15 is 0 Å². The average Bonchev–Trinajstić information content (AvgIpc) is 2.62. The number of piperazine rings is 2. The number of likely N-dealkylation sites (N-methyl/N-ethyl adjacent to an activating group) is 2. The van der Waals surface area contributed by atoms with Crippen molar-refractivity contribution in [2.75, 3.05) is 76.3 Å². The Hall–Kier alpha value is -2.26. The summed E-state index contributed by atoms with van der Waals surface area (Å²) < 4.78 is 0. The summed E-state index contributed by atoms with van der Waals surface area (Å²) in [6.07, 6.45) is 1.59. The lowest BCUT2D eigenvalue weighted by molar-refractivity contribution is 0.311. The molecule has 9 heteroatoms. The molecule has 2 fully saturated rings. The molecule has 0 atom stereocenters. The molecule has 0 aromatic carbocycles. The molecule has 0 unspecified atom stereocenters. The van der Waals surface area contributed by atoms with Crippen molar-refractivity contribution in [3.05, 3.63) is 16.6 Å². The van der Waals surface area contributed by atoms with Crippen molar-refractivity contribution in [2.45, 2.75) is 0 Å². The number of rotatable bonds is 2. The summed E-state index contributed by atoms with van der Waals surface area (Å²) in [5.74, 6) is 1.28. The van der Waals surface area contributed by atoms with E-state index in [4.69, 9.17) is 0 Å². The molecule has 2 aromatic rings. The summed E-state index contributed by atoms with van der Waals surface area (Å²) in [6, 6.07) is 0. The van der Waals surface area contributed by atoms with Gasteiger partial charge in [0.05, 0.1) is 0 Å². The number of hydrogen-bond donors (Lipinski definition) is 1. The van der Waals surface area contributed by atoms with Crippen molar-refractivity contribution < 1.29 is 0 Å². The quantitative estimate of drug-likeness (QED) is 0.759. The highest BCUT2D eigenvalue weighted by molar-refractivity contribution is 5.74. The number of H-pyrrole nitrogens is 1. The molecule has 2 aliphatic rings. The van der Waals surface area contributed by atoms with Crippen LogP contribution in [0.25, 0.3) is 11.0 Å². The van der Waals surface area contributed by atoms with Crippen LogP contribution >= 0.6 is 0 Å². The van der Waals surface area contributed by atoms with E-state index in [1.54, 1.807) is 6.20 Å². The minimum absolute atomic E-state index is 0.271. The molecule has 2 aliphatic heterocycles. The van der Waals surface area contributed by atoms with Gasteiger partial charge in [0.15, 0.2) is 5.65 Å². The molecule has 2 saturated heterocycles. The van der Waals surface area contributed by atoms with Crippen LogP contribution in [-0.4, -0.2) is 96.2 Å². The number of hydrogen-bond acceptors (Lipinski definition) is 8. The zero-order valence-electron chi connectivity index (χ0n) is 14.8. The highest BCUT2D eigenvalue weighted by atomic mass is 16.1. The van der Waals surface area contributed by atoms with Crippen LogP contribution in [0.2, 0.25) is 0 Å². The summed E-state index contributed by atoms with van der Waals surface area (Å²) >= 11 is 0. The number of fused-ring (bicyclic) bond motifs is 1. The van der Waals surface area contributed by atoms with Gasteiger partial charge in [0.1, 0.15) is 5.39 Å². The molecule has 0 spiro atoms. The summed E-state index contributed by atoms with van der Waals surface area (Å²) in [5.41, 5.74) is 0.297. The first-order chi connectivity index (χ1) is 12.1. The van der Waals surface area contributed by atoms with Crippen LogP contribution in [0, 0.1) is 0 Å². The SMILES string of the molecule is CN1CCN(c2ncc3c(=O)nc(N4CCN(C)CC4)[nH]c3n2)CC1. The molecule has 0 saturated carbocycles. The van der Waals surface area contributed by atoms with Gasteiger partial charge in [-0.25, -0.2) is 4.98 Å². The largest absolute Gasteiger partial charge is 0.340 e. The summed E-state index contributed by atoms with van der Waals surface area (Å²) in [5, 5.41) is 0.441. The lowest BCUT2D eigenvalue weighted by atomic mass is 10.3. The second-order valence-corrected chi connectivity index (χ2v) is 6.88. The van der Waals surface area contributed by atoms with Crippen molar-refractivity contribution in [1.82, 2.24) is 29.7 Å². The summed E-state index contributed by atoms with van der Waals surface area (Å²) in [4.78, 5) is 37.6. The highest BCUT2D eigenvalue weighted by Gasteiger charge is 2.20. The molecular weight excluding hydrogens is 320 g/mol. The topological polar surface area (TPSA) is 84.5 Å². The van der Waals surface area contributed by atoms with Crippen molar-refractivity contribution in [2.24, 2.45) is 0 Å². The van der Waals surface area contributed by atoms with Crippen LogP contribution < -0.4 is 15.4 Å². The van der Waals surface area contributed by atoms with Crippen LogP contribution in [0.5, 0.6) is 0 Å². The Labute approximate surface area is 146 Å². The number of anilines is 2. The van der Waals surface area contributed by atoms with E-state index in [1.165, 1.54) is 0 Å². The third-order valence-corrected chi connectivity index (χ3v) is 5.03. The second kappa shape index (κ2) is 6.57. The van der Waals surface area contributed by atoms with Crippen LogP contribution in [0.3, 0.4) is 0 Å². The molecule has 25 heavy (non-hydrogen) atoms. The normalized spacial score (nSPS) is 20.4. The van der Waals surface area contributed by atoms with Gasteiger partial charge >= 0.3 is 0 Å². The van der Waals surface area contributed by atoms with Gasteiger partial charge in [-0.2, -0.15) is 9.97 Å². The number of nitrogens with zero attached hydrogens (tertiary/aromatic N) is 7. The van der Waals surface area contributed by atoms with Gasteiger partial charge in [-0.05, 0) is 14.1 Å². The minimum Gasteiger partial charge on any atom is -0.340 e. The molecule has 2 aromatic heterocycles. The zero-order valence-corrected chi connectivity index (χ0v) is 14.8. The van der Waals surface area contributed by atoms with Crippen LogP contribution in [-0.2, 0) is 0 Å². The van der Waals surface area contributed by atoms with Gasteiger partial charge in [-0.1, -0.05) is 0 Å². The van der Waals surface area contributed by atoms with Crippen molar-refractivity contribution in [1.29, 1.82) is 0 Å². The summed E-state index contributed by atoms with van der Waals surface area (Å²) in [7, 11) is 4.22. The molecule has 4 heterocycles. The molecule has 4 rings (SSSR count). The Kier molecular flexibility index (Phi) is 4.26. The average molecular weight is 344 g/mol. The Morgan fingerprint density at radius 3 is 2.12 bits per heavy atom. The van der Waals surface area contributed by atoms with Crippen LogP contribution in [0.4, 0.5) is 11.9 Å². The van der Waals surface area contributed by atoms with Gasteiger partial charge in [0.25, 0.3) is 5.56 Å². The molecule has 9 nitrogen and oxygen atoms in total. The van der Waals surface area contributed by atoms with E-state index in [2.05, 4.69) is 53.6 Å². The van der Waals surface area contributed by atoms with E-state index in [9.17, 15) is 4.79 Å². The first-order valence-electron chi connectivity index (χ1n) is 8.74. The van der Waals surface area contributed by atoms with Crippen LogP contribution in [0.1, 0.15) is 0 Å². The lowest BCUT2D eigenvalue weighted by Crippen LogP contribution is -2.45. The van der Waals surface area contributed by atoms with Gasteiger partial charge in [-0.15, -0.1) is 0 Å². The monoisotopic (exact) mass is 344 g/mol. The predicted octanol–water partition coefficient (Wildman–Crippen LogP) is -0.783. The Morgan fingerprint density at radius 2 is 1.48 bits per heavy atom. The number of nitrogens with one attached hydrogen (secondary N) is 1. The van der Waals surface area contributed by atoms with Gasteiger partial charge in [0.2, 0.25) is 11.9 Å². The van der Waals surface area contributed by atoms with Crippen molar-refractivity contribution in [3.8, 4) is 0 Å². The number of aromatic nitrogens is 4. The maximum Gasteiger partial charge on any atom is 0.285 e.